The minimum absolute atomic E-state index is 0.200. The minimum atomic E-state index is 0.200. The molecule has 1 aliphatic carbocycles. The van der Waals surface area contributed by atoms with Crippen LogP contribution in [0.2, 0.25) is 0 Å². The van der Waals surface area contributed by atoms with Crippen molar-refractivity contribution in [3.63, 3.8) is 0 Å². The number of hydrogen-bond acceptors (Lipinski definition) is 2. The Bertz CT molecular complexity index is 468. The van der Waals surface area contributed by atoms with E-state index in [0.29, 0.717) is 0 Å². The molecule has 0 bridgehead atoms. The zero-order valence-corrected chi connectivity index (χ0v) is 8.68. The SMILES string of the molecule is OCc1sc2ccccc2c1C1CC1. The van der Waals surface area contributed by atoms with Gasteiger partial charge in [0, 0.05) is 9.58 Å². The first-order chi connectivity index (χ1) is 6.90. The largest absolute Gasteiger partial charge is 0.391 e. The van der Waals surface area contributed by atoms with Crippen molar-refractivity contribution in [1.29, 1.82) is 0 Å². The molecule has 0 spiro atoms. The fourth-order valence-corrected chi connectivity index (χ4v) is 3.20. The molecule has 1 N–H and O–H groups in total. The van der Waals surface area contributed by atoms with Gasteiger partial charge in [-0.05, 0) is 35.8 Å². The summed E-state index contributed by atoms with van der Waals surface area (Å²) in [5.41, 5.74) is 1.42. The van der Waals surface area contributed by atoms with Crippen molar-refractivity contribution in [2.75, 3.05) is 0 Å². The molecule has 0 amide bonds. The Balaban J connectivity index is 2.29. The van der Waals surface area contributed by atoms with Gasteiger partial charge in [-0.2, -0.15) is 0 Å². The summed E-state index contributed by atoms with van der Waals surface area (Å²) in [6, 6.07) is 8.47. The molecule has 14 heavy (non-hydrogen) atoms. The highest BCUT2D eigenvalue weighted by Crippen LogP contribution is 2.47. The first-order valence-corrected chi connectivity index (χ1v) is 5.83. The zero-order chi connectivity index (χ0) is 9.54. The van der Waals surface area contributed by atoms with Crippen LogP contribution in [0.3, 0.4) is 0 Å². The Kier molecular flexibility index (Phi) is 1.85. The highest BCUT2D eigenvalue weighted by molar-refractivity contribution is 7.19. The van der Waals surface area contributed by atoms with Gasteiger partial charge in [0.05, 0.1) is 6.61 Å². The standard InChI is InChI=1S/C12H12OS/c13-7-11-12(8-5-6-8)9-3-1-2-4-10(9)14-11/h1-4,8,13H,5-7H2. The summed E-state index contributed by atoms with van der Waals surface area (Å²) in [6.07, 6.45) is 2.60. The minimum Gasteiger partial charge on any atom is -0.391 e. The number of fused-ring (bicyclic) bond motifs is 1. The molecular formula is C12H12OS. The Morgan fingerprint density at radius 2 is 2.07 bits per heavy atom. The molecule has 72 valence electrons. The lowest BCUT2D eigenvalue weighted by Gasteiger charge is -1.98. The molecule has 3 rings (SSSR count). The monoisotopic (exact) mass is 204 g/mol. The number of rotatable bonds is 2. The molecule has 1 saturated carbocycles. The van der Waals surface area contributed by atoms with E-state index in [-0.39, 0.29) is 6.61 Å². The molecule has 1 nitrogen and oxygen atoms in total. The van der Waals surface area contributed by atoms with Crippen molar-refractivity contribution in [1.82, 2.24) is 0 Å². The van der Waals surface area contributed by atoms with E-state index in [1.54, 1.807) is 11.3 Å². The fraction of sp³-hybridized carbons (Fsp3) is 0.333. The van der Waals surface area contributed by atoms with Crippen LogP contribution in [-0.2, 0) is 6.61 Å². The molecule has 0 atom stereocenters. The third kappa shape index (κ3) is 1.18. The Morgan fingerprint density at radius 3 is 2.79 bits per heavy atom. The van der Waals surface area contributed by atoms with Crippen molar-refractivity contribution in [3.8, 4) is 0 Å². The van der Waals surface area contributed by atoms with Crippen molar-refractivity contribution in [2.45, 2.75) is 25.4 Å². The van der Waals surface area contributed by atoms with E-state index in [9.17, 15) is 5.11 Å². The van der Waals surface area contributed by atoms with Gasteiger partial charge in [0.1, 0.15) is 0 Å². The average Bonchev–Trinajstić information content (AvgIpc) is 2.98. The van der Waals surface area contributed by atoms with Crippen LogP contribution in [0.4, 0.5) is 0 Å². The molecule has 1 heterocycles. The third-order valence-electron chi connectivity index (χ3n) is 2.84. The van der Waals surface area contributed by atoms with Crippen LogP contribution in [0, 0.1) is 0 Å². The lowest BCUT2D eigenvalue weighted by atomic mass is 10.1. The molecule has 2 aromatic rings. The second-order valence-corrected chi connectivity index (χ2v) is 5.00. The van der Waals surface area contributed by atoms with Gasteiger partial charge < -0.3 is 5.11 Å². The first kappa shape index (κ1) is 8.45. The van der Waals surface area contributed by atoms with E-state index in [4.69, 9.17) is 0 Å². The Hall–Kier alpha value is -0.860. The van der Waals surface area contributed by atoms with Gasteiger partial charge in [0.15, 0.2) is 0 Å². The highest BCUT2D eigenvalue weighted by atomic mass is 32.1. The maximum Gasteiger partial charge on any atom is 0.0777 e. The van der Waals surface area contributed by atoms with E-state index in [1.807, 2.05) is 0 Å². The number of thiophene rings is 1. The summed E-state index contributed by atoms with van der Waals surface area (Å²) in [5.74, 6) is 0.730. The molecule has 0 aliphatic heterocycles. The summed E-state index contributed by atoms with van der Waals surface area (Å²) in [4.78, 5) is 1.17. The number of hydrogen-bond donors (Lipinski definition) is 1. The van der Waals surface area contributed by atoms with E-state index < -0.39 is 0 Å². The topological polar surface area (TPSA) is 20.2 Å². The lowest BCUT2D eigenvalue weighted by molar-refractivity contribution is 0.284. The molecule has 1 aliphatic rings. The smallest absolute Gasteiger partial charge is 0.0777 e. The summed E-state index contributed by atoms with van der Waals surface area (Å²) in [6.45, 7) is 0.200. The number of benzene rings is 1. The van der Waals surface area contributed by atoms with Crippen molar-refractivity contribution in [2.24, 2.45) is 0 Å². The van der Waals surface area contributed by atoms with E-state index in [0.717, 1.165) is 5.92 Å². The fourth-order valence-electron chi connectivity index (χ4n) is 2.05. The van der Waals surface area contributed by atoms with Crippen molar-refractivity contribution >= 4 is 21.4 Å². The number of aliphatic hydroxyl groups excluding tert-OH is 1. The van der Waals surface area contributed by atoms with Gasteiger partial charge in [0.25, 0.3) is 0 Å². The highest BCUT2D eigenvalue weighted by Gasteiger charge is 2.28. The maximum atomic E-state index is 9.31. The van der Waals surface area contributed by atoms with Crippen LogP contribution >= 0.6 is 11.3 Å². The zero-order valence-electron chi connectivity index (χ0n) is 7.86. The average molecular weight is 204 g/mol. The Morgan fingerprint density at radius 1 is 1.29 bits per heavy atom. The molecule has 2 heteroatoms. The van der Waals surface area contributed by atoms with Gasteiger partial charge in [0.2, 0.25) is 0 Å². The van der Waals surface area contributed by atoms with Gasteiger partial charge in [-0.1, -0.05) is 18.2 Å². The Labute approximate surface area is 87.0 Å². The van der Waals surface area contributed by atoms with Crippen LogP contribution in [0.25, 0.3) is 10.1 Å². The molecule has 0 unspecified atom stereocenters. The second kappa shape index (κ2) is 3.07. The molecule has 1 aromatic carbocycles. The predicted molar refractivity (Wildman–Crippen MR) is 59.7 cm³/mol. The van der Waals surface area contributed by atoms with Crippen LogP contribution in [-0.4, -0.2) is 5.11 Å². The quantitative estimate of drug-likeness (QED) is 0.796. The van der Waals surface area contributed by atoms with Crippen LogP contribution in [0.1, 0.15) is 29.2 Å². The van der Waals surface area contributed by atoms with Crippen molar-refractivity contribution < 1.29 is 5.11 Å². The van der Waals surface area contributed by atoms with Crippen molar-refractivity contribution in [3.05, 3.63) is 34.7 Å². The molecular weight excluding hydrogens is 192 g/mol. The van der Waals surface area contributed by atoms with E-state index >= 15 is 0 Å². The summed E-state index contributed by atoms with van der Waals surface area (Å²) >= 11 is 1.74. The molecule has 0 radical (unpaired) electrons. The molecule has 0 saturated heterocycles. The van der Waals surface area contributed by atoms with Crippen LogP contribution in [0.5, 0.6) is 0 Å². The number of aliphatic hydroxyl groups is 1. The summed E-state index contributed by atoms with van der Waals surface area (Å²) in [7, 11) is 0. The van der Waals surface area contributed by atoms with Crippen LogP contribution in [0.15, 0.2) is 24.3 Å². The maximum absolute atomic E-state index is 9.31. The van der Waals surface area contributed by atoms with Gasteiger partial charge in [-0.15, -0.1) is 11.3 Å². The van der Waals surface area contributed by atoms with Gasteiger partial charge in [-0.3, -0.25) is 0 Å². The second-order valence-electron chi connectivity index (χ2n) is 3.87. The summed E-state index contributed by atoms with van der Waals surface area (Å²) < 4.78 is 1.32. The third-order valence-corrected chi connectivity index (χ3v) is 4.01. The molecule has 1 fully saturated rings. The lowest BCUT2D eigenvalue weighted by Crippen LogP contribution is -1.84. The molecule has 1 aromatic heterocycles. The van der Waals surface area contributed by atoms with E-state index in [1.165, 1.54) is 33.4 Å². The van der Waals surface area contributed by atoms with Crippen LogP contribution < -0.4 is 0 Å². The van der Waals surface area contributed by atoms with E-state index in [2.05, 4.69) is 24.3 Å². The summed E-state index contributed by atoms with van der Waals surface area (Å²) in [5, 5.41) is 10.7. The first-order valence-electron chi connectivity index (χ1n) is 5.01. The predicted octanol–water partition coefficient (Wildman–Crippen LogP) is 3.27. The van der Waals surface area contributed by atoms with Gasteiger partial charge in [-0.25, -0.2) is 0 Å². The normalized spacial score (nSPS) is 16.4. The van der Waals surface area contributed by atoms with Gasteiger partial charge >= 0.3 is 0 Å².